The molecule has 6 nitrogen and oxygen atoms in total. The van der Waals surface area contributed by atoms with Crippen molar-refractivity contribution >= 4 is 43.6 Å². The number of nitrogens with zero attached hydrogens (tertiary/aromatic N) is 1. The summed E-state index contributed by atoms with van der Waals surface area (Å²) in [6.07, 6.45) is 1.45. The van der Waals surface area contributed by atoms with Crippen LogP contribution in [0.15, 0.2) is 69.3 Å². The van der Waals surface area contributed by atoms with Gasteiger partial charge in [0.05, 0.1) is 10.6 Å². The molecule has 0 saturated carbocycles. The van der Waals surface area contributed by atoms with Crippen LogP contribution in [0, 0.1) is 0 Å². The van der Waals surface area contributed by atoms with Gasteiger partial charge < -0.3 is 5.11 Å². The van der Waals surface area contributed by atoms with E-state index in [2.05, 4.69) is 9.98 Å². The molecule has 3 aromatic rings. The Balaban J connectivity index is 2.09. The molecule has 1 aliphatic heterocycles. The van der Waals surface area contributed by atoms with Crippen molar-refractivity contribution in [2.45, 2.75) is 4.90 Å². The van der Waals surface area contributed by atoms with E-state index < -0.39 is 20.6 Å². The standard InChI is InChI=1S/C18H12N2O4S2/c21-17-15(25-18(22)20-17)16(26(23,24)11-6-2-1-3-7-11)13-10-19-14-9-5-4-8-12(13)14/h1-10,21H,(H,20,22). The van der Waals surface area contributed by atoms with Gasteiger partial charge in [0.2, 0.25) is 15.7 Å². The lowest BCUT2D eigenvalue weighted by molar-refractivity contribution is 0.455. The molecule has 0 atom stereocenters. The van der Waals surface area contributed by atoms with Crippen molar-refractivity contribution in [3.63, 3.8) is 0 Å². The monoisotopic (exact) mass is 384 g/mol. The number of para-hydroxylation sites is 1. The molecule has 8 heteroatoms. The van der Waals surface area contributed by atoms with Gasteiger partial charge in [0.15, 0.2) is 0 Å². The fraction of sp³-hybridized carbons (Fsp3) is 0. The number of nitrogens with one attached hydrogen (secondary N) is 1. The molecule has 2 aromatic carbocycles. The normalized spacial score (nSPS) is 15.1. The second kappa shape index (κ2) is 6.08. The first-order valence-electron chi connectivity index (χ1n) is 7.59. The number of hydrogen-bond donors (Lipinski definition) is 2. The highest BCUT2D eigenvalue weighted by molar-refractivity contribution is 8.01. The molecule has 26 heavy (non-hydrogen) atoms. The van der Waals surface area contributed by atoms with Gasteiger partial charge in [0, 0.05) is 17.4 Å². The number of aliphatic imine (C=N–C) groups is 1. The molecule has 0 unspecified atom stereocenters. The summed E-state index contributed by atoms with van der Waals surface area (Å²) in [7, 11) is -4.01. The highest BCUT2D eigenvalue weighted by Gasteiger charge is 2.32. The predicted octanol–water partition coefficient (Wildman–Crippen LogP) is 3.20. The van der Waals surface area contributed by atoms with Gasteiger partial charge in [-0.3, -0.25) is 14.8 Å². The van der Waals surface area contributed by atoms with Crippen LogP contribution in [-0.2, 0) is 9.84 Å². The first kappa shape index (κ1) is 16.5. The SMILES string of the molecule is O=c1[nH]c(O)c(C(=C2C=Nc3ccccc32)S(=O)(=O)c2ccccc2)s1. The lowest BCUT2D eigenvalue weighted by atomic mass is 10.1. The minimum absolute atomic E-state index is 0.0305. The van der Waals surface area contributed by atoms with Crippen LogP contribution in [0.5, 0.6) is 5.88 Å². The second-order valence-corrected chi connectivity index (χ2v) is 8.40. The van der Waals surface area contributed by atoms with Crippen LogP contribution in [0.2, 0.25) is 0 Å². The molecule has 2 heterocycles. The molecule has 4 rings (SSSR count). The Labute approximate surface area is 152 Å². The van der Waals surface area contributed by atoms with E-state index in [1.54, 1.807) is 42.5 Å². The van der Waals surface area contributed by atoms with Gasteiger partial charge in [0.1, 0.15) is 9.78 Å². The molecule has 2 N–H and O–H groups in total. The number of allylic oxidation sites excluding steroid dienone is 1. The first-order chi connectivity index (χ1) is 12.5. The van der Waals surface area contributed by atoms with E-state index in [1.165, 1.54) is 18.3 Å². The van der Waals surface area contributed by atoms with Crippen molar-refractivity contribution in [2.24, 2.45) is 4.99 Å². The summed E-state index contributed by atoms with van der Waals surface area (Å²) >= 11 is 0.646. The molecule has 130 valence electrons. The Morgan fingerprint density at radius 3 is 2.42 bits per heavy atom. The number of aromatic amines is 1. The van der Waals surface area contributed by atoms with Crippen LogP contribution >= 0.6 is 11.3 Å². The molecule has 0 saturated heterocycles. The topological polar surface area (TPSA) is 99.6 Å². The summed E-state index contributed by atoms with van der Waals surface area (Å²) in [4.78, 5) is 17.5. The van der Waals surface area contributed by atoms with Gasteiger partial charge >= 0.3 is 4.87 Å². The maximum absolute atomic E-state index is 13.4. The lowest BCUT2D eigenvalue weighted by Crippen LogP contribution is -2.06. The van der Waals surface area contributed by atoms with Crippen LogP contribution in [0.4, 0.5) is 5.69 Å². The summed E-state index contributed by atoms with van der Waals surface area (Å²) in [5.74, 6) is -0.472. The van der Waals surface area contributed by atoms with E-state index in [-0.39, 0.29) is 14.7 Å². The maximum atomic E-state index is 13.4. The number of fused-ring (bicyclic) bond motifs is 1. The number of H-pyrrole nitrogens is 1. The quantitative estimate of drug-likeness (QED) is 0.724. The number of benzene rings is 2. The van der Waals surface area contributed by atoms with Crippen molar-refractivity contribution in [1.82, 2.24) is 4.98 Å². The fourth-order valence-corrected chi connectivity index (χ4v) is 5.46. The summed E-state index contributed by atoms with van der Waals surface area (Å²) in [6.45, 7) is 0. The van der Waals surface area contributed by atoms with Crippen LogP contribution in [0.25, 0.3) is 10.5 Å². The zero-order valence-corrected chi connectivity index (χ0v) is 14.8. The highest BCUT2D eigenvalue weighted by atomic mass is 32.2. The fourth-order valence-electron chi connectivity index (χ4n) is 2.78. The Morgan fingerprint density at radius 2 is 1.73 bits per heavy atom. The average molecular weight is 384 g/mol. The lowest BCUT2D eigenvalue weighted by Gasteiger charge is -2.11. The Hall–Kier alpha value is -2.97. The zero-order chi connectivity index (χ0) is 18.3. The Morgan fingerprint density at radius 1 is 1.04 bits per heavy atom. The van der Waals surface area contributed by atoms with E-state index in [4.69, 9.17) is 0 Å². The third kappa shape index (κ3) is 2.59. The maximum Gasteiger partial charge on any atom is 0.307 e. The molecule has 0 spiro atoms. The van der Waals surface area contributed by atoms with Gasteiger partial charge in [0.25, 0.3) is 0 Å². The first-order valence-corrected chi connectivity index (χ1v) is 9.89. The molecule has 0 fully saturated rings. The van der Waals surface area contributed by atoms with E-state index in [9.17, 15) is 18.3 Å². The van der Waals surface area contributed by atoms with Crippen LogP contribution < -0.4 is 4.87 Å². The zero-order valence-electron chi connectivity index (χ0n) is 13.2. The number of thiazole rings is 1. The van der Waals surface area contributed by atoms with E-state index in [0.29, 0.717) is 28.2 Å². The Bertz CT molecular complexity index is 1220. The van der Waals surface area contributed by atoms with Gasteiger partial charge in [-0.1, -0.05) is 47.7 Å². The molecule has 1 aliphatic rings. The largest absolute Gasteiger partial charge is 0.493 e. The molecule has 1 aromatic heterocycles. The molecule has 0 bridgehead atoms. The van der Waals surface area contributed by atoms with Crippen molar-refractivity contribution in [3.8, 4) is 5.88 Å². The van der Waals surface area contributed by atoms with Crippen molar-refractivity contribution in [2.75, 3.05) is 0 Å². The van der Waals surface area contributed by atoms with Crippen LogP contribution in [0.3, 0.4) is 0 Å². The van der Waals surface area contributed by atoms with Gasteiger partial charge in [-0.2, -0.15) is 0 Å². The predicted molar refractivity (Wildman–Crippen MR) is 102 cm³/mol. The second-order valence-electron chi connectivity index (χ2n) is 5.53. The minimum atomic E-state index is -4.01. The summed E-state index contributed by atoms with van der Waals surface area (Å²) in [6, 6.07) is 15.0. The van der Waals surface area contributed by atoms with E-state index in [1.807, 2.05) is 0 Å². The van der Waals surface area contributed by atoms with E-state index >= 15 is 0 Å². The number of aromatic hydroxyl groups is 1. The minimum Gasteiger partial charge on any atom is -0.493 e. The summed E-state index contributed by atoms with van der Waals surface area (Å²) in [5, 5.41) is 10.1. The average Bonchev–Trinajstić information content (AvgIpc) is 3.19. The highest BCUT2D eigenvalue weighted by Crippen LogP contribution is 2.43. The molecule has 0 radical (unpaired) electrons. The van der Waals surface area contributed by atoms with Crippen LogP contribution in [0.1, 0.15) is 10.4 Å². The van der Waals surface area contributed by atoms with Gasteiger partial charge in [-0.05, 0) is 18.2 Å². The summed E-state index contributed by atoms with van der Waals surface area (Å²) in [5.41, 5.74) is 1.60. The van der Waals surface area contributed by atoms with Crippen molar-refractivity contribution in [1.29, 1.82) is 0 Å². The van der Waals surface area contributed by atoms with Crippen molar-refractivity contribution < 1.29 is 13.5 Å². The van der Waals surface area contributed by atoms with Gasteiger partial charge in [-0.25, -0.2) is 8.42 Å². The number of rotatable bonds is 3. The molecular formula is C18H12N2O4S2. The number of aromatic nitrogens is 1. The van der Waals surface area contributed by atoms with E-state index in [0.717, 1.165) is 0 Å². The summed E-state index contributed by atoms with van der Waals surface area (Å²) < 4.78 is 26.7. The van der Waals surface area contributed by atoms with Crippen LogP contribution in [-0.4, -0.2) is 24.7 Å². The molecular weight excluding hydrogens is 372 g/mol. The smallest absolute Gasteiger partial charge is 0.307 e. The Kier molecular flexibility index (Phi) is 3.86. The molecule has 0 amide bonds. The number of hydrogen-bond acceptors (Lipinski definition) is 6. The van der Waals surface area contributed by atoms with Crippen molar-refractivity contribution in [3.05, 3.63) is 74.7 Å². The molecule has 0 aliphatic carbocycles. The number of sulfone groups is 1. The van der Waals surface area contributed by atoms with Gasteiger partial charge in [-0.15, -0.1) is 0 Å². The third-order valence-electron chi connectivity index (χ3n) is 3.93. The third-order valence-corrected chi connectivity index (χ3v) is 6.80.